The molecule has 1 atom stereocenters. The van der Waals surface area contributed by atoms with E-state index >= 15 is 0 Å². The van der Waals surface area contributed by atoms with Gasteiger partial charge in [-0.15, -0.1) is 0 Å². The van der Waals surface area contributed by atoms with Gasteiger partial charge in [0.15, 0.2) is 0 Å². The van der Waals surface area contributed by atoms with Crippen LogP contribution in [0.3, 0.4) is 0 Å². The van der Waals surface area contributed by atoms with Gasteiger partial charge in [-0.25, -0.2) is 4.68 Å². The molecule has 0 saturated heterocycles. The van der Waals surface area contributed by atoms with Crippen LogP contribution in [0.2, 0.25) is 0 Å². The number of anilines is 1. The molecule has 0 aliphatic heterocycles. The smallest absolute Gasteiger partial charge is 0.282 e. The van der Waals surface area contributed by atoms with Gasteiger partial charge in [-0.1, -0.05) is 29.8 Å². The quantitative estimate of drug-likeness (QED) is 0.895. The zero-order chi connectivity index (χ0) is 14.7. The van der Waals surface area contributed by atoms with Crippen LogP contribution in [-0.4, -0.2) is 21.4 Å². The molecule has 2 N–H and O–H groups in total. The summed E-state index contributed by atoms with van der Waals surface area (Å²) < 4.78 is 1.65. The van der Waals surface area contributed by atoms with Crippen LogP contribution in [0.5, 0.6) is 0 Å². The van der Waals surface area contributed by atoms with Crippen molar-refractivity contribution >= 4 is 21.6 Å². The summed E-state index contributed by atoms with van der Waals surface area (Å²) in [5.74, 6) is 0. The summed E-state index contributed by atoms with van der Waals surface area (Å²) in [6, 6.07) is 7.68. The number of halogens is 1. The summed E-state index contributed by atoms with van der Waals surface area (Å²) in [4.78, 5) is 11.7. The van der Waals surface area contributed by atoms with E-state index in [1.807, 2.05) is 31.2 Å². The number of benzene rings is 1. The van der Waals surface area contributed by atoms with Crippen molar-refractivity contribution in [2.75, 3.05) is 11.9 Å². The second-order valence-electron chi connectivity index (χ2n) is 4.61. The SMILES string of the molecule is Cc1ccc(C(O)CNc2cnn(C)c(=O)c2Br)cc1. The Balaban J connectivity index is 2.07. The third-order valence-corrected chi connectivity index (χ3v) is 3.79. The molecule has 1 aromatic heterocycles. The van der Waals surface area contributed by atoms with Gasteiger partial charge in [0.05, 0.1) is 18.0 Å². The molecule has 0 saturated carbocycles. The van der Waals surface area contributed by atoms with Crippen LogP contribution in [0.1, 0.15) is 17.2 Å². The van der Waals surface area contributed by atoms with Crippen LogP contribution in [0, 0.1) is 6.92 Å². The molecule has 0 bridgehead atoms. The molecule has 106 valence electrons. The molecule has 0 spiro atoms. The first-order valence-electron chi connectivity index (χ1n) is 6.19. The molecule has 0 aliphatic carbocycles. The van der Waals surface area contributed by atoms with Gasteiger partial charge in [-0.05, 0) is 28.4 Å². The van der Waals surface area contributed by atoms with E-state index in [2.05, 4.69) is 26.3 Å². The van der Waals surface area contributed by atoms with Gasteiger partial charge < -0.3 is 10.4 Å². The fraction of sp³-hybridized carbons (Fsp3) is 0.286. The predicted octanol–water partition coefficient (Wildman–Crippen LogP) is 2.00. The minimum absolute atomic E-state index is 0.222. The molecule has 1 heterocycles. The van der Waals surface area contributed by atoms with E-state index < -0.39 is 6.10 Å². The Morgan fingerprint density at radius 1 is 1.40 bits per heavy atom. The summed E-state index contributed by atoms with van der Waals surface area (Å²) in [6.45, 7) is 2.30. The number of hydrogen-bond donors (Lipinski definition) is 2. The van der Waals surface area contributed by atoms with Crippen LogP contribution >= 0.6 is 15.9 Å². The Morgan fingerprint density at radius 2 is 2.05 bits per heavy atom. The molecule has 0 radical (unpaired) electrons. The van der Waals surface area contributed by atoms with Gasteiger partial charge in [0.25, 0.3) is 5.56 Å². The van der Waals surface area contributed by atoms with E-state index in [9.17, 15) is 9.90 Å². The summed E-state index contributed by atoms with van der Waals surface area (Å²) in [5, 5.41) is 17.1. The normalized spacial score (nSPS) is 12.2. The number of aliphatic hydroxyl groups excluding tert-OH is 1. The van der Waals surface area contributed by atoms with Gasteiger partial charge in [-0.2, -0.15) is 5.10 Å². The Labute approximate surface area is 125 Å². The molecular weight excluding hydrogens is 322 g/mol. The van der Waals surface area contributed by atoms with E-state index in [1.165, 1.54) is 4.68 Å². The molecule has 1 aromatic carbocycles. The highest BCUT2D eigenvalue weighted by atomic mass is 79.9. The lowest BCUT2D eigenvalue weighted by molar-refractivity contribution is 0.191. The average Bonchev–Trinajstić information content (AvgIpc) is 2.44. The molecule has 0 aliphatic rings. The van der Waals surface area contributed by atoms with Gasteiger partial charge in [0.2, 0.25) is 0 Å². The summed E-state index contributed by atoms with van der Waals surface area (Å²) in [5.41, 5.74) is 2.32. The van der Waals surface area contributed by atoms with Crippen molar-refractivity contribution < 1.29 is 5.11 Å². The van der Waals surface area contributed by atoms with E-state index in [1.54, 1.807) is 13.2 Å². The number of hydrogen-bond acceptors (Lipinski definition) is 4. The summed E-state index contributed by atoms with van der Waals surface area (Å²) in [7, 11) is 1.58. The Kier molecular flexibility index (Phi) is 4.57. The first-order chi connectivity index (χ1) is 9.49. The maximum absolute atomic E-state index is 11.7. The Bertz CT molecular complexity index is 652. The second-order valence-corrected chi connectivity index (χ2v) is 5.40. The maximum atomic E-state index is 11.7. The highest BCUT2D eigenvalue weighted by molar-refractivity contribution is 9.10. The van der Waals surface area contributed by atoms with E-state index in [0.29, 0.717) is 16.7 Å². The zero-order valence-corrected chi connectivity index (χ0v) is 12.9. The molecule has 2 aromatic rings. The highest BCUT2D eigenvalue weighted by Crippen LogP contribution is 2.19. The van der Waals surface area contributed by atoms with E-state index in [-0.39, 0.29) is 5.56 Å². The fourth-order valence-electron chi connectivity index (χ4n) is 1.75. The topological polar surface area (TPSA) is 67.2 Å². The Morgan fingerprint density at radius 3 is 2.70 bits per heavy atom. The number of rotatable bonds is 4. The number of aromatic nitrogens is 2. The molecule has 20 heavy (non-hydrogen) atoms. The minimum Gasteiger partial charge on any atom is -0.387 e. The van der Waals surface area contributed by atoms with Crippen LogP contribution in [0.15, 0.2) is 39.7 Å². The van der Waals surface area contributed by atoms with Gasteiger partial charge in [0, 0.05) is 13.6 Å². The zero-order valence-electron chi connectivity index (χ0n) is 11.3. The lowest BCUT2D eigenvalue weighted by atomic mass is 10.1. The highest BCUT2D eigenvalue weighted by Gasteiger charge is 2.10. The minimum atomic E-state index is -0.647. The lowest BCUT2D eigenvalue weighted by Crippen LogP contribution is -2.22. The maximum Gasteiger partial charge on any atom is 0.282 e. The molecule has 0 fully saturated rings. The first kappa shape index (κ1) is 14.7. The van der Waals surface area contributed by atoms with Crippen molar-refractivity contribution in [3.63, 3.8) is 0 Å². The van der Waals surface area contributed by atoms with E-state index in [4.69, 9.17) is 0 Å². The van der Waals surface area contributed by atoms with Gasteiger partial charge in [0.1, 0.15) is 4.47 Å². The number of aliphatic hydroxyl groups is 1. The summed E-state index contributed by atoms with van der Waals surface area (Å²) in [6.07, 6.45) is 0.902. The van der Waals surface area contributed by atoms with Crippen LogP contribution in [0.4, 0.5) is 5.69 Å². The van der Waals surface area contributed by atoms with Crippen molar-refractivity contribution in [1.29, 1.82) is 0 Å². The van der Waals surface area contributed by atoms with Crippen molar-refractivity contribution in [2.24, 2.45) is 7.05 Å². The van der Waals surface area contributed by atoms with Crippen LogP contribution < -0.4 is 10.9 Å². The second kappa shape index (κ2) is 6.19. The third kappa shape index (κ3) is 3.26. The number of nitrogens with zero attached hydrogens (tertiary/aromatic N) is 2. The monoisotopic (exact) mass is 337 g/mol. The molecule has 5 nitrogen and oxygen atoms in total. The first-order valence-corrected chi connectivity index (χ1v) is 6.98. The molecule has 0 amide bonds. The average molecular weight is 338 g/mol. The lowest BCUT2D eigenvalue weighted by Gasteiger charge is -2.14. The van der Waals surface area contributed by atoms with E-state index in [0.717, 1.165) is 11.1 Å². The Hall–Kier alpha value is -1.66. The van der Waals surface area contributed by atoms with Gasteiger partial charge in [-0.3, -0.25) is 4.79 Å². The number of aryl methyl sites for hydroxylation is 2. The summed E-state index contributed by atoms with van der Waals surface area (Å²) >= 11 is 3.23. The van der Waals surface area contributed by atoms with Crippen molar-refractivity contribution in [1.82, 2.24) is 9.78 Å². The van der Waals surface area contributed by atoms with Crippen molar-refractivity contribution in [2.45, 2.75) is 13.0 Å². The number of nitrogens with one attached hydrogen (secondary N) is 1. The van der Waals surface area contributed by atoms with Crippen molar-refractivity contribution in [3.8, 4) is 0 Å². The predicted molar refractivity (Wildman–Crippen MR) is 81.8 cm³/mol. The molecule has 6 heteroatoms. The molecule has 1 unspecified atom stereocenters. The fourth-order valence-corrected chi connectivity index (χ4v) is 2.25. The van der Waals surface area contributed by atoms with Crippen molar-refractivity contribution in [3.05, 3.63) is 56.4 Å². The molecule has 2 rings (SSSR count). The third-order valence-electron chi connectivity index (χ3n) is 3.03. The van der Waals surface area contributed by atoms with Crippen LogP contribution in [-0.2, 0) is 7.05 Å². The van der Waals surface area contributed by atoms with Gasteiger partial charge >= 0.3 is 0 Å². The standard InChI is InChI=1S/C14H16BrN3O2/c1-9-3-5-10(6-4-9)12(19)8-16-11-7-17-18(2)14(20)13(11)15/h3-7,12,16,19H,8H2,1-2H3. The molecular formula is C14H16BrN3O2. The van der Waals surface area contributed by atoms with Crippen LogP contribution in [0.25, 0.3) is 0 Å². The largest absolute Gasteiger partial charge is 0.387 e.